The molecule has 0 bridgehead atoms. The zero-order chi connectivity index (χ0) is 14.1. The first-order chi connectivity index (χ1) is 9.19. The Morgan fingerprint density at radius 3 is 2.58 bits per heavy atom. The minimum Gasteiger partial charge on any atom is -0.271 e. The lowest BCUT2D eigenvalue weighted by Gasteiger charge is -2.18. The molecule has 3 N–H and O–H groups in total. The van der Waals surface area contributed by atoms with E-state index >= 15 is 0 Å². The standard InChI is InChI=1S/C15H24BrFN2/c1-2-3-4-5-6-7-8-15(19-18)13-11-12(17)9-10-14(13)16/h9-11,15,19H,2-8,18H2,1H3. The van der Waals surface area contributed by atoms with Gasteiger partial charge in [0, 0.05) is 10.5 Å². The van der Waals surface area contributed by atoms with Crippen molar-refractivity contribution in [3.63, 3.8) is 0 Å². The van der Waals surface area contributed by atoms with Crippen LogP contribution in [-0.4, -0.2) is 0 Å². The van der Waals surface area contributed by atoms with E-state index in [0.717, 1.165) is 22.9 Å². The molecule has 0 aliphatic heterocycles. The molecule has 1 aromatic carbocycles. The first kappa shape index (κ1) is 16.6. The van der Waals surface area contributed by atoms with E-state index < -0.39 is 0 Å². The van der Waals surface area contributed by atoms with Crippen LogP contribution < -0.4 is 11.3 Å². The lowest BCUT2D eigenvalue weighted by Crippen LogP contribution is -2.28. The van der Waals surface area contributed by atoms with Gasteiger partial charge >= 0.3 is 0 Å². The third kappa shape index (κ3) is 6.02. The summed E-state index contributed by atoms with van der Waals surface area (Å²) in [7, 11) is 0. The number of rotatable bonds is 9. The van der Waals surface area contributed by atoms with Crippen molar-refractivity contribution < 1.29 is 4.39 Å². The molecule has 1 atom stereocenters. The number of hydrogen-bond acceptors (Lipinski definition) is 2. The summed E-state index contributed by atoms with van der Waals surface area (Å²) in [5.41, 5.74) is 3.69. The number of hydrogen-bond donors (Lipinski definition) is 2. The largest absolute Gasteiger partial charge is 0.271 e. The molecular formula is C15H24BrFN2. The van der Waals surface area contributed by atoms with Gasteiger partial charge in [-0.3, -0.25) is 11.3 Å². The summed E-state index contributed by atoms with van der Waals surface area (Å²) in [6.45, 7) is 2.22. The van der Waals surface area contributed by atoms with Gasteiger partial charge in [-0.25, -0.2) is 4.39 Å². The van der Waals surface area contributed by atoms with Crippen molar-refractivity contribution in [2.24, 2.45) is 5.84 Å². The van der Waals surface area contributed by atoms with Crippen molar-refractivity contribution in [1.29, 1.82) is 0 Å². The molecule has 108 valence electrons. The molecule has 0 heterocycles. The van der Waals surface area contributed by atoms with Crippen LogP contribution in [0.2, 0.25) is 0 Å². The van der Waals surface area contributed by atoms with Crippen LogP contribution in [0.5, 0.6) is 0 Å². The third-order valence-electron chi connectivity index (χ3n) is 3.38. The van der Waals surface area contributed by atoms with Crippen molar-refractivity contribution >= 4 is 15.9 Å². The second kappa shape index (κ2) is 9.45. The number of halogens is 2. The topological polar surface area (TPSA) is 38.0 Å². The molecule has 0 aliphatic rings. The normalized spacial score (nSPS) is 12.6. The van der Waals surface area contributed by atoms with Gasteiger partial charge in [0.15, 0.2) is 0 Å². The van der Waals surface area contributed by atoms with Crippen LogP contribution in [0, 0.1) is 5.82 Å². The van der Waals surface area contributed by atoms with Crippen LogP contribution >= 0.6 is 15.9 Å². The summed E-state index contributed by atoms with van der Waals surface area (Å²) in [5, 5.41) is 0. The van der Waals surface area contributed by atoms with Gasteiger partial charge in [-0.1, -0.05) is 61.4 Å². The molecule has 0 aliphatic carbocycles. The average molecular weight is 331 g/mol. The fourth-order valence-corrected chi connectivity index (χ4v) is 2.76. The van der Waals surface area contributed by atoms with Crippen molar-refractivity contribution in [2.45, 2.75) is 57.9 Å². The number of nitrogens with two attached hydrogens (primary N) is 1. The van der Waals surface area contributed by atoms with Crippen molar-refractivity contribution in [3.8, 4) is 0 Å². The molecule has 0 aromatic heterocycles. The van der Waals surface area contributed by atoms with E-state index in [1.165, 1.54) is 38.2 Å². The molecule has 0 amide bonds. The third-order valence-corrected chi connectivity index (χ3v) is 4.10. The molecule has 0 radical (unpaired) electrons. The summed E-state index contributed by atoms with van der Waals surface area (Å²) >= 11 is 3.45. The van der Waals surface area contributed by atoms with E-state index in [4.69, 9.17) is 5.84 Å². The van der Waals surface area contributed by atoms with Gasteiger partial charge in [-0.2, -0.15) is 0 Å². The Bertz CT molecular complexity index is 371. The van der Waals surface area contributed by atoms with Gasteiger partial charge in [-0.05, 0) is 30.2 Å². The van der Waals surface area contributed by atoms with Crippen LogP contribution in [0.1, 0.15) is 63.5 Å². The van der Waals surface area contributed by atoms with Gasteiger partial charge in [0.2, 0.25) is 0 Å². The zero-order valence-electron chi connectivity index (χ0n) is 11.6. The highest BCUT2D eigenvalue weighted by atomic mass is 79.9. The monoisotopic (exact) mass is 330 g/mol. The zero-order valence-corrected chi connectivity index (χ0v) is 13.2. The van der Waals surface area contributed by atoms with Crippen LogP contribution in [0.15, 0.2) is 22.7 Å². The summed E-state index contributed by atoms with van der Waals surface area (Å²) in [6, 6.07) is 4.74. The SMILES string of the molecule is CCCCCCCCC(NN)c1cc(F)ccc1Br. The molecule has 1 unspecified atom stereocenters. The Hall–Kier alpha value is -0.450. The molecule has 1 aromatic rings. The van der Waals surface area contributed by atoms with Gasteiger partial charge in [0.05, 0.1) is 0 Å². The predicted octanol–water partition coefficient (Wildman–Crippen LogP) is 4.84. The van der Waals surface area contributed by atoms with Crippen molar-refractivity contribution in [1.82, 2.24) is 5.43 Å². The Morgan fingerprint density at radius 2 is 1.89 bits per heavy atom. The van der Waals surface area contributed by atoms with Gasteiger partial charge in [0.1, 0.15) is 5.82 Å². The Morgan fingerprint density at radius 1 is 1.21 bits per heavy atom. The molecule has 0 fully saturated rings. The molecule has 2 nitrogen and oxygen atoms in total. The lowest BCUT2D eigenvalue weighted by atomic mass is 10.00. The van der Waals surface area contributed by atoms with Gasteiger partial charge in [-0.15, -0.1) is 0 Å². The number of nitrogens with one attached hydrogen (secondary N) is 1. The minimum atomic E-state index is -0.221. The fraction of sp³-hybridized carbons (Fsp3) is 0.600. The highest BCUT2D eigenvalue weighted by molar-refractivity contribution is 9.10. The molecular weight excluding hydrogens is 307 g/mol. The smallest absolute Gasteiger partial charge is 0.123 e. The van der Waals surface area contributed by atoms with Crippen LogP contribution in [0.25, 0.3) is 0 Å². The first-order valence-corrected chi connectivity index (χ1v) is 7.89. The number of benzene rings is 1. The first-order valence-electron chi connectivity index (χ1n) is 7.10. The Balaban J connectivity index is 2.42. The molecule has 19 heavy (non-hydrogen) atoms. The van der Waals surface area contributed by atoms with Crippen molar-refractivity contribution in [2.75, 3.05) is 0 Å². The molecule has 1 rings (SSSR count). The van der Waals surface area contributed by atoms with E-state index in [2.05, 4.69) is 28.3 Å². The van der Waals surface area contributed by atoms with Crippen LogP contribution in [0.4, 0.5) is 4.39 Å². The maximum Gasteiger partial charge on any atom is 0.123 e. The molecule has 0 saturated carbocycles. The summed E-state index contributed by atoms with van der Waals surface area (Å²) < 4.78 is 14.2. The average Bonchev–Trinajstić information content (AvgIpc) is 2.41. The lowest BCUT2D eigenvalue weighted by molar-refractivity contribution is 0.473. The maximum absolute atomic E-state index is 13.3. The van der Waals surface area contributed by atoms with Gasteiger partial charge < -0.3 is 0 Å². The van der Waals surface area contributed by atoms with E-state index in [9.17, 15) is 4.39 Å². The quantitative estimate of drug-likeness (QED) is 0.386. The van der Waals surface area contributed by atoms with E-state index in [1.54, 1.807) is 12.1 Å². The molecule has 0 saturated heterocycles. The fourth-order valence-electron chi connectivity index (χ4n) is 2.24. The summed E-state index contributed by atoms with van der Waals surface area (Å²) in [4.78, 5) is 0. The van der Waals surface area contributed by atoms with E-state index in [1.807, 2.05) is 0 Å². The van der Waals surface area contributed by atoms with Crippen LogP contribution in [-0.2, 0) is 0 Å². The van der Waals surface area contributed by atoms with E-state index in [0.29, 0.717) is 0 Å². The van der Waals surface area contributed by atoms with E-state index in [-0.39, 0.29) is 11.9 Å². The minimum absolute atomic E-state index is 0.0104. The Labute approximate surface area is 124 Å². The maximum atomic E-state index is 13.3. The second-order valence-corrected chi connectivity index (χ2v) is 5.80. The molecule has 0 spiro atoms. The highest BCUT2D eigenvalue weighted by Crippen LogP contribution is 2.27. The Kier molecular flexibility index (Phi) is 8.26. The van der Waals surface area contributed by atoms with Crippen molar-refractivity contribution in [3.05, 3.63) is 34.1 Å². The van der Waals surface area contributed by atoms with Crippen LogP contribution in [0.3, 0.4) is 0 Å². The summed E-state index contributed by atoms with van der Waals surface area (Å²) in [6.07, 6.45) is 8.42. The predicted molar refractivity (Wildman–Crippen MR) is 82.2 cm³/mol. The van der Waals surface area contributed by atoms with Gasteiger partial charge in [0.25, 0.3) is 0 Å². The second-order valence-electron chi connectivity index (χ2n) is 4.94. The number of hydrazine groups is 1. The number of unbranched alkanes of at least 4 members (excludes halogenated alkanes) is 5. The highest BCUT2D eigenvalue weighted by Gasteiger charge is 2.13. The summed E-state index contributed by atoms with van der Waals surface area (Å²) in [5.74, 6) is 5.37. The molecule has 4 heteroatoms.